The molecule has 0 spiro atoms. The first-order chi connectivity index (χ1) is 13.9. The molecule has 0 amide bonds. The fourth-order valence-electron chi connectivity index (χ4n) is 7.24. The highest BCUT2D eigenvalue weighted by molar-refractivity contribution is 6.08. The van der Waals surface area contributed by atoms with Crippen LogP contribution in [0.2, 0.25) is 0 Å². The Morgan fingerprint density at radius 2 is 1.00 bits per heavy atom. The summed E-state index contributed by atoms with van der Waals surface area (Å²) in [6.45, 7) is 13.3. The molecule has 2 heteroatoms. The zero-order valence-corrected chi connectivity index (χ0v) is 19.3. The molecule has 4 unspecified atom stereocenters. The Morgan fingerprint density at radius 1 is 0.667 bits per heavy atom. The fourth-order valence-corrected chi connectivity index (χ4v) is 7.24. The van der Waals surface area contributed by atoms with Crippen molar-refractivity contribution in [1.82, 2.24) is 0 Å². The average molecular weight is 403 g/mol. The topological polar surface area (TPSA) is 34.1 Å². The Kier molecular flexibility index (Phi) is 3.89. The second-order valence-corrected chi connectivity index (χ2v) is 11.8. The molecule has 4 saturated carbocycles. The van der Waals surface area contributed by atoms with Crippen LogP contribution in [-0.2, 0) is 9.59 Å². The van der Waals surface area contributed by atoms with Gasteiger partial charge in [-0.3, -0.25) is 9.59 Å². The van der Waals surface area contributed by atoms with E-state index >= 15 is 0 Å². The van der Waals surface area contributed by atoms with E-state index in [-0.39, 0.29) is 21.7 Å². The minimum Gasteiger partial charge on any atom is -0.294 e. The lowest BCUT2D eigenvalue weighted by atomic mass is 9.70. The fraction of sp³-hybridized carbons (Fsp3) is 0.571. The molecule has 158 valence electrons. The molecule has 4 aliphatic rings. The number of carbonyl (C=O) groups excluding carboxylic acids is 2. The van der Waals surface area contributed by atoms with Crippen molar-refractivity contribution in [3.05, 3.63) is 46.5 Å². The molecule has 1 aromatic carbocycles. The van der Waals surface area contributed by atoms with Gasteiger partial charge >= 0.3 is 0 Å². The molecule has 0 aromatic heterocycles. The van der Waals surface area contributed by atoms with E-state index in [1.165, 1.54) is 0 Å². The van der Waals surface area contributed by atoms with Gasteiger partial charge in [0.15, 0.2) is 11.6 Å². The zero-order valence-electron chi connectivity index (χ0n) is 19.3. The Balaban J connectivity index is 1.43. The van der Waals surface area contributed by atoms with Crippen LogP contribution < -0.4 is 0 Å². The summed E-state index contributed by atoms with van der Waals surface area (Å²) < 4.78 is 0. The van der Waals surface area contributed by atoms with Crippen LogP contribution in [0.1, 0.15) is 78.4 Å². The predicted octanol–water partition coefficient (Wildman–Crippen LogP) is 6.50. The maximum Gasteiger partial charge on any atom is 0.165 e. The van der Waals surface area contributed by atoms with Crippen LogP contribution in [0.5, 0.6) is 0 Å². The van der Waals surface area contributed by atoms with E-state index in [1.54, 1.807) is 0 Å². The van der Waals surface area contributed by atoms with Crippen molar-refractivity contribution in [3.63, 3.8) is 0 Å². The standard InChI is InChI=1S/C28H34O2/c1-25(2)21-11-13-27(25,5)23(29)19(21)15-17-7-9-18(10-8-17)16-20-22-12-14-28(6,24(20)30)26(22,3)4/h7-10,15-16,21-22H,11-14H2,1-6H3/b19-15+,20-16+. The van der Waals surface area contributed by atoms with Gasteiger partial charge in [-0.05, 0) is 82.8 Å². The Labute approximate surface area is 180 Å². The first kappa shape index (κ1) is 20.0. The van der Waals surface area contributed by atoms with Crippen LogP contribution >= 0.6 is 0 Å². The van der Waals surface area contributed by atoms with Gasteiger partial charge in [0, 0.05) is 10.8 Å². The first-order valence-electron chi connectivity index (χ1n) is 11.6. The highest BCUT2D eigenvalue weighted by atomic mass is 16.1. The van der Waals surface area contributed by atoms with Crippen molar-refractivity contribution < 1.29 is 9.59 Å². The van der Waals surface area contributed by atoms with Crippen LogP contribution in [0, 0.1) is 33.5 Å². The minimum absolute atomic E-state index is 0.0470. The van der Waals surface area contributed by atoms with Crippen molar-refractivity contribution in [1.29, 1.82) is 0 Å². The molecule has 1 aromatic rings. The lowest BCUT2D eigenvalue weighted by Gasteiger charge is -2.31. The summed E-state index contributed by atoms with van der Waals surface area (Å²) in [5, 5.41) is 0. The predicted molar refractivity (Wildman–Crippen MR) is 122 cm³/mol. The molecule has 5 rings (SSSR count). The van der Waals surface area contributed by atoms with Gasteiger partial charge in [-0.15, -0.1) is 0 Å². The Hall–Kier alpha value is -1.96. The third-order valence-electron chi connectivity index (χ3n) is 10.3. The lowest BCUT2D eigenvalue weighted by molar-refractivity contribution is -0.126. The van der Waals surface area contributed by atoms with Gasteiger partial charge in [-0.25, -0.2) is 0 Å². The number of hydrogen-bond acceptors (Lipinski definition) is 2. The average Bonchev–Trinajstić information content (AvgIpc) is 3.17. The highest BCUT2D eigenvalue weighted by Gasteiger charge is 2.64. The number of Topliss-reactive ketones (excluding diaryl/α,β-unsaturated/α-hetero) is 2. The summed E-state index contributed by atoms with van der Waals surface area (Å²) in [6, 6.07) is 8.38. The van der Waals surface area contributed by atoms with Crippen LogP contribution in [-0.4, -0.2) is 11.6 Å². The van der Waals surface area contributed by atoms with Gasteiger partial charge in [0.1, 0.15) is 0 Å². The van der Waals surface area contributed by atoms with Gasteiger partial charge in [-0.2, -0.15) is 0 Å². The molecule has 0 saturated heterocycles. The van der Waals surface area contributed by atoms with Crippen molar-refractivity contribution in [3.8, 4) is 0 Å². The number of ketones is 2. The molecule has 0 aliphatic heterocycles. The van der Waals surface area contributed by atoms with Crippen LogP contribution in [0.15, 0.2) is 35.4 Å². The van der Waals surface area contributed by atoms with E-state index in [2.05, 4.69) is 78.0 Å². The number of benzene rings is 1. The molecule has 4 atom stereocenters. The molecule has 2 nitrogen and oxygen atoms in total. The van der Waals surface area contributed by atoms with Crippen LogP contribution in [0.4, 0.5) is 0 Å². The maximum atomic E-state index is 13.1. The van der Waals surface area contributed by atoms with E-state index in [0.29, 0.717) is 23.4 Å². The van der Waals surface area contributed by atoms with E-state index in [4.69, 9.17) is 0 Å². The molecule has 30 heavy (non-hydrogen) atoms. The van der Waals surface area contributed by atoms with Crippen LogP contribution in [0.25, 0.3) is 12.2 Å². The maximum absolute atomic E-state index is 13.1. The summed E-state index contributed by atoms with van der Waals surface area (Å²) in [6.07, 6.45) is 8.48. The molecule has 4 aliphatic carbocycles. The van der Waals surface area contributed by atoms with Gasteiger partial charge in [0.05, 0.1) is 0 Å². The van der Waals surface area contributed by atoms with Gasteiger partial charge in [-0.1, -0.05) is 65.8 Å². The second kappa shape index (κ2) is 5.84. The van der Waals surface area contributed by atoms with E-state index < -0.39 is 0 Å². The molecule has 0 heterocycles. The normalized spacial score (nSPS) is 40.9. The van der Waals surface area contributed by atoms with Crippen molar-refractivity contribution in [2.45, 2.75) is 67.2 Å². The molecule has 0 radical (unpaired) electrons. The third kappa shape index (κ3) is 2.21. The molecule has 0 N–H and O–H groups in total. The third-order valence-corrected chi connectivity index (χ3v) is 10.3. The van der Waals surface area contributed by atoms with Gasteiger partial charge in [0.25, 0.3) is 0 Å². The van der Waals surface area contributed by atoms with E-state index in [0.717, 1.165) is 48.0 Å². The number of hydrogen-bond donors (Lipinski definition) is 0. The summed E-state index contributed by atoms with van der Waals surface area (Å²) in [5.74, 6) is 1.42. The second-order valence-electron chi connectivity index (χ2n) is 11.8. The summed E-state index contributed by atoms with van der Waals surface area (Å²) >= 11 is 0. The van der Waals surface area contributed by atoms with E-state index in [1.807, 2.05) is 0 Å². The number of allylic oxidation sites excluding steroid dienone is 2. The smallest absolute Gasteiger partial charge is 0.165 e. The Morgan fingerprint density at radius 3 is 1.27 bits per heavy atom. The minimum atomic E-state index is -0.209. The highest BCUT2D eigenvalue weighted by Crippen LogP contribution is 2.66. The monoisotopic (exact) mass is 402 g/mol. The zero-order chi connectivity index (χ0) is 21.7. The summed E-state index contributed by atoms with van der Waals surface area (Å²) in [4.78, 5) is 26.2. The first-order valence-corrected chi connectivity index (χ1v) is 11.6. The van der Waals surface area contributed by atoms with E-state index in [9.17, 15) is 9.59 Å². The van der Waals surface area contributed by atoms with Crippen molar-refractivity contribution in [2.24, 2.45) is 33.5 Å². The molecular formula is C28H34O2. The summed E-state index contributed by atoms with van der Waals surface area (Å²) in [7, 11) is 0. The largest absolute Gasteiger partial charge is 0.294 e. The van der Waals surface area contributed by atoms with Crippen molar-refractivity contribution in [2.75, 3.05) is 0 Å². The molecular weight excluding hydrogens is 368 g/mol. The number of fused-ring (bicyclic) bond motifs is 4. The SMILES string of the molecule is CC12CCC(/C(=C\c3ccc(/C=C4/C(=O)C5(C)CCC4C5(C)C)cc3)C1=O)C2(C)C. The van der Waals surface area contributed by atoms with Gasteiger partial charge < -0.3 is 0 Å². The number of rotatable bonds is 2. The number of carbonyl (C=O) groups is 2. The lowest BCUT2D eigenvalue weighted by Crippen LogP contribution is -2.32. The quantitative estimate of drug-likeness (QED) is 0.529. The van der Waals surface area contributed by atoms with Crippen LogP contribution in [0.3, 0.4) is 0 Å². The van der Waals surface area contributed by atoms with Gasteiger partial charge in [0.2, 0.25) is 0 Å². The molecule has 4 fully saturated rings. The molecule has 4 bridgehead atoms. The van der Waals surface area contributed by atoms with Crippen molar-refractivity contribution >= 4 is 23.7 Å². The Bertz CT molecular complexity index is 936. The summed E-state index contributed by atoms with van der Waals surface area (Å²) in [5.41, 5.74) is 3.86.